The van der Waals surface area contributed by atoms with Gasteiger partial charge < -0.3 is 4.74 Å². The number of rotatable bonds is 7. The summed E-state index contributed by atoms with van der Waals surface area (Å²) >= 11 is 3.45. The van der Waals surface area contributed by atoms with Crippen LogP contribution in [-0.2, 0) is 9.05 Å². The van der Waals surface area contributed by atoms with Crippen molar-refractivity contribution in [2.45, 2.75) is 33.6 Å². The fourth-order valence-corrected chi connectivity index (χ4v) is 4.54. The fraction of sp³-hybridized carbons (Fsp3) is 0.571. The molecule has 0 radical (unpaired) electrons. The lowest BCUT2D eigenvalue weighted by Gasteiger charge is -2.30. The molecule has 0 N–H and O–H groups in total. The molecule has 0 amide bonds. The van der Waals surface area contributed by atoms with E-state index in [-0.39, 0.29) is 5.75 Å². The van der Waals surface area contributed by atoms with Gasteiger partial charge in [0.25, 0.3) is 0 Å². The van der Waals surface area contributed by atoms with Gasteiger partial charge in [0.2, 0.25) is 9.05 Å². The molecule has 0 fully saturated rings. The number of halogens is 2. The largest absolute Gasteiger partial charge is 0.492 e. The van der Waals surface area contributed by atoms with Crippen molar-refractivity contribution in [3.63, 3.8) is 0 Å². The molecule has 0 saturated carbocycles. The summed E-state index contributed by atoms with van der Waals surface area (Å²) in [6, 6.07) is 5.80. The van der Waals surface area contributed by atoms with Crippen molar-refractivity contribution >= 4 is 35.7 Å². The second-order valence-corrected chi connectivity index (χ2v) is 8.74. The van der Waals surface area contributed by atoms with Crippen LogP contribution in [-0.4, -0.2) is 20.8 Å². The van der Waals surface area contributed by atoms with Gasteiger partial charge >= 0.3 is 0 Å². The third kappa shape index (κ3) is 5.26. The summed E-state index contributed by atoms with van der Waals surface area (Å²) in [5.41, 5.74) is 0.676. The molecule has 6 heteroatoms. The van der Waals surface area contributed by atoms with E-state index in [1.165, 1.54) is 0 Å². The minimum Gasteiger partial charge on any atom is -0.492 e. The highest BCUT2D eigenvalue weighted by Crippen LogP contribution is 2.33. The summed E-state index contributed by atoms with van der Waals surface area (Å²) in [6.45, 7) is 6.24. The van der Waals surface area contributed by atoms with Crippen LogP contribution in [0.4, 0.5) is 0 Å². The van der Waals surface area contributed by atoms with E-state index in [2.05, 4.69) is 15.9 Å². The monoisotopic (exact) mass is 382 g/mol. The molecule has 20 heavy (non-hydrogen) atoms. The summed E-state index contributed by atoms with van der Waals surface area (Å²) in [5.74, 6) is 0.645. The molecule has 0 saturated heterocycles. The van der Waals surface area contributed by atoms with Crippen LogP contribution in [0.3, 0.4) is 0 Å². The average Bonchev–Trinajstić information content (AvgIpc) is 2.35. The summed E-state index contributed by atoms with van der Waals surface area (Å²) in [5, 5.41) is 0. The van der Waals surface area contributed by atoms with Crippen molar-refractivity contribution in [2.75, 3.05) is 12.4 Å². The van der Waals surface area contributed by atoms with E-state index >= 15 is 0 Å². The first-order valence-electron chi connectivity index (χ1n) is 6.52. The minimum absolute atomic E-state index is 0.0714. The van der Waals surface area contributed by atoms with Gasteiger partial charge in [0, 0.05) is 16.1 Å². The Morgan fingerprint density at radius 3 is 2.35 bits per heavy atom. The lowest BCUT2D eigenvalue weighted by Crippen LogP contribution is -2.33. The topological polar surface area (TPSA) is 43.4 Å². The highest BCUT2D eigenvalue weighted by molar-refractivity contribution is 9.10. The number of hydrogen-bond acceptors (Lipinski definition) is 3. The Morgan fingerprint density at radius 1 is 1.30 bits per heavy atom. The predicted molar refractivity (Wildman–Crippen MR) is 87.0 cm³/mol. The number of aryl methyl sites for hydroxylation is 1. The Bertz CT molecular complexity index is 554. The lowest BCUT2D eigenvalue weighted by atomic mass is 9.85. The van der Waals surface area contributed by atoms with Crippen LogP contribution in [0, 0.1) is 12.3 Å². The summed E-state index contributed by atoms with van der Waals surface area (Å²) < 4.78 is 29.5. The number of ether oxygens (including phenoxy) is 1. The first-order valence-corrected chi connectivity index (χ1v) is 9.80. The molecule has 0 aromatic heterocycles. The van der Waals surface area contributed by atoms with Gasteiger partial charge in [-0.25, -0.2) is 8.42 Å². The zero-order valence-corrected chi connectivity index (χ0v) is 15.1. The van der Waals surface area contributed by atoms with E-state index in [0.717, 1.165) is 10.0 Å². The van der Waals surface area contributed by atoms with Gasteiger partial charge in [0.1, 0.15) is 5.75 Å². The zero-order valence-electron chi connectivity index (χ0n) is 11.9. The molecule has 0 bridgehead atoms. The first-order chi connectivity index (χ1) is 9.21. The maximum absolute atomic E-state index is 11.4. The third-order valence-corrected chi connectivity index (χ3v) is 5.50. The first kappa shape index (κ1) is 17.8. The van der Waals surface area contributed by atoms with Crippen LogP contribution in [0.2, 0.25) is 0 Å². The molecule has 114 valence electrons. The van der Waals surface area contributed by atoms with E-state index < -0.39 is 14.5 Å². The maximum Gasteiger partial charge on any atom is 0.233 e. The van der Waals surface area contributed by atoms with Crippen molar-refractivity contribution < 1.29 is 13.2 Å². The van der Waals surface area contributed by atoms with Gasteiger partial charge in [-0.15, -0.1) is 0 Å². The lowest BCUT2D eigenvalue weighted by molar-refractivity contribution is 0.154. The van der Waals surface area contributed by atoms with Gasteiger partial charge in [-0.1, -0.05) is 19.9 Å². The van der Waals surface area contributed by atoms with Gasteiger partial charge in [-0.05, 0) is 53.4 Å². The molecule has 1 rings (SSSR count). The molecule has 3 nitrogen and oxygen atoms in total. The summed E-state index contributed by atoms with van der Waals surface area (Å²) in [4.78, 5) is 0. The molecule has 0 heterocycles. The standard InChI is InChI=1S/C14H20BrClO3S/c1-4-14(5-2,10-20(16,17)18)9-19-13-7-6-11(3)8-12(13)15/h6-8H,4-5,9-10H2,1-3H3. The fourth-order valence-electron chi connectivity index (χ4n) is 2.02. The number of hydrogen-bond donors (Lipinski definition) is 0. The molecule has 1 aromatic carbocycles. The van der Waals surface area contributed by atoms with Gasteiger partial charge in [-0.3, -0.25) is 0 Å². The van der Waals surface area contributed by atoms with Crippen LogP contribution in [0.25, 0.3) is 0 Å². The Hall–Kier alpha value is -0.260. The molecule has 0 aliphatic heterocycles. The molecule has 0 unspecified atom stereocenters. The molecule has 0 atom stereocenters. The van der Waals surface area contributed by atoms with E-state index in [1.807, 2.05) is 39.0 Å². The number of benzene rings is 1. The molecular weight excluding hydrogens is 364 g/mol. The quantitative estimate of drug-likeness (QED) is 0.651. The van der Waals surface area contributed by atoms with Crippen molar-refractivity contribution in [3.8, 4) is 5.75 Å². The van der Waals surface area contributed by atoms with Crippen LogP contribution in [0.5, 0.6) is 5.75 Å². The van der Waals surface area contributed by atoms with Crippen LogP contribution >= 0.6 is 26.6 Å². The van der Waals surface area contributed by atoms with Crippen molar-refractivity contribution in [1.82, 2.24) is 0 Å². The average molecular weight is 384 g/mol. The van der Waals surface area contributed by atoms with E-state index in [9.17, 15) is 8.42 Å². The molecule has 0 aliphatic carbocycles. The van der Waals surface area contributed by atoms with Gasteiger partial charge in [0.05, 0.1) is 16.8 Å². The van der Waals surface area contributed by atoms with Gasteiger partial charge in [-0.2, -0.15) is 0 Å². The van der Waals surface area contributed by atoms with E-state index in [1.54, 1.807) is 0 Å². The minimum atomic E-state index is -3.55. The van der Waals surface area contributed by atoms with Crippen molar-refractivity contribution in [3.05, 3.63) is 28.2 Å². The normalized spacial score (nSPS) is 12.4. The molecule has 1 aromatic rings. The summed E-state index contributed by atoms with van der Waals surface area (Å²) in [6.07, 6.45) is 1.39. The Morgan fingerprint density at radius 2 is 1.90 bits per heavy atom. The van der Waals surface area contributed by atoms with Crippen molar-refractivity contribution in [1.29, 1.82) is 0 Å². The molecule has 0 aliphatic rings. The van der Waals surface area contributed by atoms with Crippen LogP contribution in [0.15, 0.2) is 22.7 Å². The molecule has 0 spiro atoms. The highest BCUT2D eigenvalue weighted by Gasteiger charge is 2.32. The SMILES string of the molecule is CCC(CC)(COc1ccc(C)cc1Br)CS(=O)(=O)Cl. The van der Waals surface area contributed by atoms with Crippen LogP contribution < -0.4 is 4.74 Å². The third-order valence-electron chi connectivity index (χ3n) is 3.60. The molecular formula is C14H20BrClO3S. The smallest absolute Gasteiger partial charge is 0.233 e. The Labute approximate surface area is 134 Å². The van der Waals surface area contributed by atoms with E-state index in [0.29, 0.717) is 25.2 Å². The Kier molecular flexibility index (Phi) is 6.35. The zero-order chi connectivity index (χ0) is 15.4. The van der Waals surface area contributed by atoms with Crippen LogP contribution in [0.1, 0.15) is 32.3 Å². The van der Waals surface area contributed by atoms with Crippen molar-refractivity contribution in [2.24, 2.45) is 5.41 Å². The van der Waals surface area contributed by atoms with E-state index in [4.69, 9.17) is 15.4 Å². The highest BCUT2D eigenvalue weighted by atomic mass is 79.9. The summed E-state index contributed by atoms with van der Waals surface area (Å²) in [7, 11) is 1.87. The second-order valence-electron chi connectivity index (χ2n) is 5.11. The predicted octanol–water partition coefficient (Wildman–Crippen LogP) is 4.51. The second kappa shape index (κ2) is 7.14. The Balaban J connectivity index is 2.86. The maximum atomic E-state index is 11.4. The van der Waals surface area contributed by atoms with Gasteiger partial charge in [0.15, 0.2) is 0 Å².